The van der Waals surface area contributed by atoms with E-state index in [1.165, 1.54) is 0 Å². The summed E-state index contributed by atoms with van der Waals surface area (Å²) in [4.78, 5) is 39.8. The molecule has 0 aromatic carbocycles. The van der Waals surface area contributed by atoms with E-state index < -0.39 is 11.8 Å². The monoisotopic (exact) mass is 417 g/mol. The molecule has 1 fully saturated rings. The Hall–Kier alpha value is -2.84. The number of H-pyrrole nitrogens is 1. The second-order valence-electron chi connectivity index (χ2n) is 8.16. The van der Waals surface area contributed by atoms with Crippen LogP contribution in [0.1, 0.15) is 78.9 Å². The third kappa shape index (κ3) is 4.66. The van der Waals surface area contributed by atoms with Gasteiger partial charge in [-0.05, 0) is 44.7 Å². The lowest BCUT2D eigenvalue weighted by Gasteiger charge is -2.24. The van der Waals surface area contributed by atoms with Crippen molar-refractivity contribution in [3.8, 4) is 0 Å². The van der Waals surface area contributed by atoms with Gasteiger partial charge < -0.3 is 15.2 Å². The molecule has 0 spiro atoms. The van der Waals surface area contributed by atoms with E-state index in [1.807, 2.05) is 31.5 Å². The fraction of sp³-hybridized carbons (Fsp3) is 0.619. The lowest BCUT2D eigenvalue weighted by atomic mass is 10.0. The van der Waals surface area contributed by atoms with Crippen LogP contribution in [-0.4, -0.2) is 38.6 Å². The lowest BCUT2D eigenvalue weighted by Crippen LogP contribution is -2.50. The van der Waals surface area contributed by atoms with Crippen LogP contribution in [0.15, 0.2) is 15.4 Å². The van der Waals surface area contributed by atoms with E-state index in [0.717, 1.165) is 43.4 Å². The highest BCUT2D eigenvalue weighted by Gasteiger charge is 2.34. The average Bonchev–Trinajstić information content (AvgIpc) is 3.41. The topological polar surface area (TPSA) is 122 Å². The summed E-state index contributed by atoms with van der Waals surface area (Å²) in [6.45, 7) is 5.97. The summed E-state index contributed by atoms with van der Waals surface area (Å²) >= 11 is 0. The summed E-state index contributed by atoms with van der Waals surface area (Å²) in [5.41, 5.74) is 2.59. The zero-order chi connectivity index (χ0) is 21.8. The van der Waals surface area contributed by atoms with Crippen molar-refractivity contribution >= 4 is 11.8 Å². The number of rotatable bonds is 8. The van der Waals surface area contributed by atoms with Gasteiger partial charge in [-0.15, -0.1) is 0 Å². The fourth-order valence-corrected chi connectivity index (χ4v) is 4.12. The van der Waals surface area contributed by atoms with Gasteiger partial charge in [0.2, 0.25) is 5.91 Å². The Morgan fingerprint density at radius 2 is 2.13 bits per heavy atom. The minimum atomic E-state index is -0.620. The van der Waals surface area contributed by atoms with Crippen LogP contribution >= 0.6 is 0 Å². The van der Waals surface area contributed by atoms with Crippen molar-refractivity contribution in [2.24, 2.45) is 7.05 Å². The molecule has 2 amide bonds. The van der Waals surface area contributed by atoms with Gasteiger partial charge in [0.05, 0.1) is 0 Å². The van der Waals surface area contributed by atoms with E-state index in [4.69, 9.17) is 0 Å². The van der Waals surface area contributed by atoms with Gasteiger partial charge in [-0.2, -0.15) is 0 Å². The van der Waals surface area contributed by atoms with E-state index >= 15 is 0 Å². The normalized spacial score (nSPS) is 19.6. The highest BCUT2D eigenvalue weighted by molar-refractivity contribution is 5.96. The summed E-state index contributed by atoms with van der Waals surface area (Å²) in [6.07, 6.45) is 4.83. The number of aryl methyl sites for hydroxylation is 1. The van der Waals surface area contributed by atoms with E-state index in [9.17, 15) is 14.4 Å². The van der Waals surface area contributed by atoms with Gasteiger partial charge in [-0.3, -0.25) is 19.1 Å². The maximum absolute atomic E-state index is 13.1. The van der Waals surface area contributed by atoms with Crippen LogP contribution in [0.5, 0.6) is 0 Å². The Bertz CT molecular complexity index is 957. The maximum Gasteiger partial charge on any atom is 0.438 e. The van der Waals surface area contributed by atoms with Crippen molar-refractivity contribution in [3.05, 3.63) is 39.4 Å². The van der Waals surface area contributed by atoms with Crippen LogP contribution < -0.4 is 16.4 Å². The molecule has 9 heteroatoms. The molecule has 1 saturated carbocycles. The lowest BCUT2D eigenvalue weighted by molar-refractivity contribution is -0.124. The smallest absolute Gasteiger partial charge is 0.351 e. The number of carbonyl (C=O) groups excluding carboxylic acids is 2. The first-order chi connectivity index (χ1) is 14.3. The molecule has 0 bridgehead atoms. The first-order valence-electron chi connectivity index (χ1n) is 10.6. The Balaban J connectivity index is 1.71. The largest absolute Gasteiger partial charge is 0.438 e. The summed E-state index contributed by atoms with van der Waals surface area (Å²) in [5.74, 6) is -0.688. The number of unbranched alkanes of at least 4 members (excludes halogenated alkanes) is 1. The number of amides is 2. The van der Waals surface area contributed by atoms with Crippen molar-refractivity contribution in [1.29, 1.82) is 0 Å². The van der Waals surface area contributed by atoms with Gasteiger partial charge in [-0.25, -0.2) is 4.79 Å². The maximum atomic E-state index is 13.1. The third-order valence-electron chi connectivity index (χ3n) is 6.14. The molecule has 3 rings (SSSR count). The number of nitrogens with zero attached hydrogens (tertiary/aromatic N) is 2. The molecule has 3 N–H and O–H groups in total. The quantitative estimate of drug-likeness (QED) is 0.607. The molecule has 1 aliphatic rings. The fourth-order valence-electron chi connectivity index (χ4n) is 4.12. The predicted molar refractivity (Wildman–Crippen MR) is 111 cm³/mol. The molecule has 0 aliphatic heterocycles. The molecule has 30 heavy (non-hydrogen) atoms. The standard InChI is InChI=1S/C21H31N5O4/c1-5-6-9-16(23-20(28)17-11-12(2)13(3)26(17)4)19(27)22-15-10-7-8-14(15)18-24-21(29)30-25-18/h11,14-16H,5-10H2,1-4H3,(H,22,27)(H,23,28)(H,24,25,29)/t14-,15+,16+/m1/s1. The highest BCUT2D eigenvalue weighted by Crippen LogP contribution is 2.32. The molecule has 2 heterocycles. The van der Waals surface area contributed by atoms with E-state index in [1.54, 1.807) is 0 Å². The summed E-state index contributed by atoms with van der Waals surface area (Å²) in [7, 11) is 1.85. The molecule has 2 aromatic heterocycles. The molecule has 0 saturated heterocycles. The van der Waals surface area contributed by atoms with Gasteiger partial charge in [0.15, 0.2) is 5.82 Å². The summed E-state index contributed by atoms with van der Waals surface area (Å²) in [5, 5.41) is 9.78. The Labute approximate surface area is 175 Å². The molecular formula is C21H31N5O4. The van der Waals surface area contributed by atoms with Crippen LogP contribution in [0.4, 0.5) is 0 Å². The van der Waals surface area contributed by atoms with Crippen LogP contribution in [0.25, 0.3) is 0 Å². The number of carbonyl (C=O) groups is 2. The minimum absolute atomic E-state index is 0.0962. The van der Waals surface area contributed by atoms with Gasteiger partial charge in [0.25, 0.3) is 5.91 Å². The molecule has 3 atom stereocenters. The van der Waals surface area contributed by atoms with Crippen molar-refractivity contribution in [2.75, 3.05) is 0 Å². The molecule has 9 nitrogen and oxygen atoms in total. The SMILES string of the molecule is CCCC[C@H](NC(=O)c1cc(C)c(C)n1C)C(=O)N[C@H]1CCC[C@H]1c1noc(=O)[nH]1. The zero-order valence-electron chi connectivity index (χ0n) is 18.1. The number of aromatic nitrogens is 3. The van der Waals surface area contributed by atoms with Crippen LogP contribution in [0, 0.1) is 13.8 Å². The zero-order valence-corrected chi connectivity index (χ0v) is 18.1. The Morgan fingerprint density at radius 3 is 2.73 bits per heavy atom. The van der Waals surface area contributed by atoms with E-state index in [2.05, 4.69) is 32.2 Å². The van der Waals surface area contributed by atoms with E-state index in [-0.39, 0.29) is 23.8 Å². The van der Waals surface area contributed by atoms with Crippen LogP contribution in [-0.2, 0) is 11.8 Å². The van der Waals surface area contributed by atoms with Crippen molar-refractivity contribution < 1.29 is 14.1 Å². The van der Waals surface area contributed by atoms with Gasteiger partial charge in [0, 0.05) is 24.7 Å². The molecule has 164 valence electrons. The van der Waals surface area contributed by atoms with Gasteiger partial charge in [-0.1, -0.05) is 31.3 Å². The third-order valence-corrected chi connectivity index (χ3v) is 6.14. The molecule has 0 unspecified atom stereocenters. The predicted octanol–water partition coefficient (Wildman–Crippen LogP) is 2.06. The van der Waals surface area contributed by atoms with Crippen LogP contribution in [0.3, 0.4) is 0 Å². The second kappa shape index (κ2) is 9.32. The minimum Gasteiger partial charge on any atom is -0.351 e. The number of hydrogen-bond acceptors (Lipinski definition) is 5. The first-order valence-corrected chi connectivity index (χ1v) is 10.6. The Morgan fingerprint density at radius 1 is 1.37 bits per heavy atom. The summed E-state index contributed by atoms with van der Waals surface area (Å²) in [6, 6.07) is 1.07. The first kappa shape index (κ1) is 21.9. The van der Waals surface area contributed by atoms with Gasteiger partial charge in [0.1, 0.15) is 11.7 Å². The second-order valence-corrected chi connectivity index (χ2v) is 8.16. The van der Waals surface area contributed by atoms with Crippen molar-refractivity contribution in [2.45, 2.75) is 77.3 Å². The van der Waals surface area contributed by atoms with Gasteiger partial charge >= 0.3 is 5.76 Å². The molecular weight excluding hydrogens is 386 g/mol. The number of hydrogen-bond donors (Lipinski definition) is 3. The highest BCUT2D eigenvalue weighted by atomic mass is 16.5. The summed E-state index contributed by atoms with van der Waals surface area (Å²) < 4.78 is 6.46. The van der Waals surface area contributed by atoms with Crippen molar-refractivity contribution in [3.63, 3.8) is 0 Å². The Kier molecular flexibility index (Phi) is 6.79. The number of aromatic amines is 1. The molecule has 2 aromatic rings. The number of nitrogens with one attached hydrogen (secondary N) is 3. The molecule has 1 aliphatic carbocycles. The molecule has 0 radical (unpaired) electrons. The van der Waals surface area contributed by atoms with Crippen molar-refractivity contribution in [1.82, 2.24) is 25.3 Å². The van der Waals surface area contributed by atoms with Crippen LogP contribution in [0.2, 0.25) is 0 Å². The average molecular weight is 418 g/mol. The van der Waals surface area contributed by atoms with E-state index in [0.29, 0.717) is 17.9 Å².